The van der Waals surface area contributed by atoms with Crippen molar-refractivity contribution in [2.45, 2.75) is 12.5 Å². The molecule has 0 aliphatic carbocycles. The summed E-state index contributed by atoms with van der Waals surface area (Å²) < 4.78 is 7.01. The lowest BCUT2D eigenvalue weighted by atomic mass is 10.2. The lowest BCUT2D eigenvalue weighted by Crippen LogP contribution is -2.14. The lowest BCUT2D eigenvalue weighted by Gasteiger charge is -2.03. The van der Waals surface area contributed by atoms with Crippen molar-refractivity contribution in [1.82, 2.24) is 29.7 Å². The highest BCUT2D eigenvalue weighted by molar-refractivity contribution is 5.47. The maximum absolute atomic E-state index is 6.02. The first-order valence-electron chi connectivity index (χ1n) is 5.77. The summed E-state index contributed by atoms with van der Waals surface area (Å²) in [6.45, 7) is 0. The van der Waals surface area contributed by atoms with E-state index in [1.807, 2.05) is 11.6 Å². The third-order valence-corrected chi connectivity index (χ3v) is 2.80. The Labute approximate surface area is 108 Å². The number of hydrogen-bond donors (Lipinski definition) is 2. The van der Waals surface area contributed by atoms with Crippen molar-refractivity contribution in [2.24, 2.45) is 12.8 Å². The summed E-state index contributed by atoms with van der Waals surface area (Å²) in [5, 5.41) is 3.92. The Kier molecular flexibility index (Phi) is 2.84. The maximum Gasteiger partial charge on any atom is 0.244 e. The zero-order valence-electron chi connectivity index (χ0n) is 10.3. The second kappa shape index (κ2) is 4.65. The van der Waals surface area contributed by atoms with Crippen molar-refractivity contribution in [3.8, 4) is 11.5 Å². The van der Waals surface area contributed by atoms with E-state index in [1.54, 1.807) is 25.0 Å². The molecule has 3 aromatic heterocycles. The van der Waals surface area contributed by atoms with Crippen molar-refractivity contribution >= 4 is 0 Å². The molecule has 0 aliphatic heterocycles. The summed E-state index contributed by atoms with van der Waals surface area (Å²) in [7, 11) is 1.86. The van der Waals surface area contributed by atoms with E-state index >= 15 is 0 Å². The van der Waals surface area contributed by atoms with Crippen LogP contribution in [-0.2, 0) is 13.5 Å². The molecule has 0 aliphatic rings. The van der Waals surface area contributed by atoms with E-state index in [0.717, 1.165) is 11.4 Å². The van der Waals surface area contributed by atoms with Gasteiger partial charge in [-0.1, -0.05) is 5.16 Å². The topological polar surface area (TPSA) is 111 Å². The molecular weight excluding hydrogens is 246 g/mol. The van der Waals surface area contributed by atoms with Gasteiger partial charge in [-0.05, 0) is 0 Å². The van der Waals surface area contributed by atoms with Crippen LogP contribution in [0.1, 0.15) is 17.6 Å². The van der Waals surface area contributed by atoms with Gasteiger partial charge >= 0.3 is 0 Å². The predicted octanol–water partition coefficient (Wildman–Crippen LogP) is 0.436. The van der Waals surface area contributed by atoms with Crippen molar-refractivity contribution in [3.05, 3.63) is 36.6 Å². The predicted molar refractivity (Wildman–Crippen MR) is 65.7 cm³/mol. The third-order valence-electron chi connectivity index (χ3n) is 2.80. The van der Waals surface area contributed by atoms with Crippen molar-refractivity contribution in [3.63, 3.8) is 0 Å². The second-order valence-corrected chi connectivity index (χ2v) is 4.23. The Balaban J connectivity index is 1.79. The largest absolute Gasteiger partial charge is 0.348 e. The van der Waals surface area contributed by atoms with Crippen LogP contribution in [0.4, 0.5) is 0 Å². The van der Waals surface area contributed by atoms with Crippen molar-refractivity contribution < 1.29 is 4.52 Å². The maximum atomic E-state index is 6.02. The van der Waals surface area contributed by atoms with E-state index in [2.05, 4.69) is 25.1 Å². The highest BCUT2D eigenvalue weighted by atomic mass is 16.5. The summed E-state index contributed by atoms with van der Waals surface area (Å²) >= 11 is 0. The van der Waals surface area contributed by atoms with E-state index in [9.17, 15) is 0 Å². The van der Waals surface area contributed by atoms with Gasteiger partial charge in [-0.15, -0.1) is 0 Å². The number of rotatable bonds is 4. The summed E-state index contributed by atoms with van der Waals surface area (Å²) in [4.78, 5) is 15.2. The molecule has 98 valence electrons. The molecule has 0 spiro atoms. The minimum atomic E-state index is -0.366. The van der Waals surface area contributed by atoms with Gasteiger partial charge in [0.25, 0.3) is 0 Å². The summed E-state index contributed by atoms with van der Waals surface area (Å²) in [6, 6.07) is -0.366. The number of hydrogen-bond acceptors (Lipinski definition) is 6. The molecule has 0 amide bonds. The number of aryl methyl sites for hydroxylation is 1. The van der Waals surface area contributed by atoms with Gasteiger partial charge in [-0.25, -0.2) is 9.97 Å². The molecule has 8 heteroatoms. The lowest BCUT2D eigenvalue weighted by molar-refractivity contribution is 0.353. The minimum absolute atomic E-state index is 0.366. The van der Waals surface area contributed by atoms with Gasteiger partial charge in [0, 0.05) is 25.4 Å². The Morgan fingerprint density at radius 3 is 3.00 bits per heavy atom. The van der Waals surface area contributed by atoms with E-state index in [4.69, 9.17) is 10.3 Å². The highest BCUT2D eigenvalue weighted by Crippen LogP contribution is 2.18. The van der Waals surface area contributed by atoms with E-state index in [1.165, 1.54) is 0 Å². The SMILES string of the molecule is Cn1cncc1-c1noc([C@H](N)Cc2cnc[nH]2)n1. The Morgan fingerprint density at radius 2 is 2.32 bits per heavy atom. The van der Waals surface area contributed by atoms with Crippen LogP contribution in [0.15, 0.2) is 29.6 Å². The molecule has 0 fully saturated rings. The van der Waals surface area contributed by atoms with Crippen LogP contribution in [0.2, 0.25) is 0 Å². The number of aromatic nitrogens is 6. The summed E-state index contributed by atoms with van der Waals surface area (Å²) in [6.07, 6.45) is 7.24. The monoisotopic (exact) mass is 259 g/mol. The van der Waals surface area contributed by atoms with Crippen LogP contribution in [-0.4, -0.2) is 29.7 Å². The standard InChI is InChI=1S/C11H13N7O/c1-18-6-14-4-9(18)10-16-11(19-17-10)8(12)2-7-3-13-5-15-7/h3-6,8H,2,12H2,1H3,(H,13,15)/t8-/m1/s1. The van der Waals surface area contributed by atoms with Crippen LogP contribution >= 0.6 is 0 Å². The molecule has 1 atom stereocenters. The van der Waals surface area contributed by atoms with Crippen LogP contribution in [0.5, 0.6) is 0 Å². The molecule has 0 aromatic carbocycles. The van der Waals surface area contributed by atoms with E-state index in [0.29, 0.717) is 18.1 Å². The Morgan fingerprint density at radius 1 is 1.42 bits per heavy atom. The van der Waals surface area contributed by atoms with Crippen LogP contribution < -0.4 is 5.73 Å². The molecule has 0 saturated heterocycles. The fraction of sp³-hybridized carbons (Fsp3) is 0.273. The number of nitrogens with zero attached hydrogens (tertiary/aromatic N) is 5. The fourth-order valence-electron chi connectivity index (χ4n) is 1.78. The molecule has 0 unspecified atom stereocenters. The third kappa shape index (κ3) is 2.25. The molecule has 19 heavy (non-hydrogen) atoms. The minimum Gasteiger partial charge on any atom is -0.348 e. The Bertz CT molecular complexity index is 654. The molecular formula is C11H13N7O. The number of nitrogens with one attached hydrogen (secondary N) is 1. The van der Waals surface area contributed by atoms with Crippen LogP contribution in [0.25, 0.3) is 11.5 Å². The van der Waals surface area contributed by atoms with Crippen molar-refractivity contribution in [1.29, 1.82) is 0 Å². The van der Waals surface area contributed by atoms with Crippen molar-refractivity contribution in [2.75, 3.05) is 0 Å². The summed E-state index contributed by atoms with van der Waals surface area (Å²) in [5.41, 5.74) is 7.73. The van der Waals surface area contributed by atoms with E-state index in [-0.39, 0.29) is 6.04 Å². The smallest absolute Gasteiger partial charge is 0.244 e. The number of aromatic amines is 1. The molecule has 3 heterocycles. The van der Waals surface area contributed by atoms with Gasteiger partial charge < -0.3 is 19.8 Å². The van der Waals surface area contributed by atoms with E-state index < -0.39 is 0 Å². The molecule has 0 saturated carbocycles. The first kappa shape index (κ1) is 11.6. The molecule has 8 nitrogen and oxygen atoms in total. The van der Waals surface area contributed by atoms with Crippen LogP contribution in [0.3, 0.4) is 0 Å². The van der Waals surface area contributed by atoms with Gasteiger partial charge in [0.1, 0.15) is 5.69 Å². The fourth-order valence-corrected chi connectivity index (χ4v) is 1.78. The highest BCUT2D eigenvalue weighted by Gasteiger charge is 2.18. The average Bonchev–Trinajstić information content (AvgIpc) is 3.08. The first-order valence-corrected chi connectivity index (χ1v) is 5.77. The van der Waals surface area contributed by atoms with Gasteiger partial charge in [-0.2, -0.15) is 4.98 Å². The molecule has 0 radical (unpaired) electrons. The van der Waals surface area contributed by atoms with Gasteiger partial charge in [-0.3, -0.25) is 0 Å². The molecule has 3 aromatic rings. The average molecular weight is 259 g/mol. The quantitative estimate of drug-likeness (QED) is 0.703. The van der Waals surface area contributed by atoms with Gasteiger partial charge in [0.15, 0.2) is 0 Å². The van der Waals surface area contributed by atoms with Gasteiger partial charge in [0.05, 0.1) is 24.9 Å². The van der Waals surface area contributed by atoms with Gasteiger partial charge in [0.2, 0.25) is 11.7 Å². The molecule has 3 N–H and O–H groups in total. The summed E-state index contributed by atoms with van der Waals surface area (Å²) in [5.74, 6) is 0.876. The number of H-pyrrole nitrogens is 1. The normalized spacial score (nSPS) is 12.7. The first-order chi connectivity index (χ1) is 9.24. The molecule has 3 rings (SSSR count). The number of imidazole rings is 2. The van der Waals surface area contributed by atoms with Crippen LogP contribution in [0, 0.1) is 0 Å². The second-order valence-electron chi connectivity index (χ2n) is 4.23. The number of nitrogens with two attached hydrogens (primary N) is 1. The molecule has 0 bridgehead atoms. The zero-order valence-corrected chi connectivity index (χ0v) is 10.3. The zero-order chi connectivity index (χ0) is 13.2. The Hall–Kier alpha value is -2.48.